The van der Waals surface area contributed by atoms with Gasteiger partial charge < -0.3 is 9.64 Å². The zero-order chi connectivity index (χ0) is 18.8. The molecule has 1 N–H and O–H groups in total. The minimum absolute atomic E-state index is 0.0535. The average molecular weight is 372 g/mol. The molecule has 2 aromatic rings. The van der Waals surface area contributed by atoms with Crippen LogP contribution < -0.4 is 0 Å². The molecule has 2 aliphatic rings. The molecule has 1 aromatic heterocycles. The number of nitrogens with zero attached hydrogens (tertiary/aromatic N) is 3. The van der Waals surface area contributed by atoms with E-state index < -0.39 is 6.09 Å². The quantitative estimate of drug-likeness (QED) is 0.894. The first-order chi connectivity index (χ1) is 13.1. The summed E-state index contributed by atoms with van der Waals surface area (Å²) in [7, 11) is 0. The van der Waals surface area contributed by atoms with E-state index in [-0.39, 0.29) is 24.2 Å². The number of hydrogen-bond acceptors (Lipinski definition) is 4. The molecule has 2 saturated heterocycles. The number of aromatic nitrogens is 2. The van der Waals surface area contributed by atoms with Crippen LogP contribution in [0.3, 0.4) is 0 Å². The maximum absolute atomic E-state index is 13.6. The standard InChI is InChI=1S/C19H21FN4O3/c20-15-3-1-2-14(10-15)16-11-21-22-18(16)13-4-6-23(7-5-13)17(25)12-24-8-9-27-19(24)26/h1-3,10-11,13H,4-9,12H2,(H,21,22). The molecule has 8 heteroatoms. The van der Waals surface area contributed by atoms with Crippen molar-refractivity contribution in [2.75, 3.05) is 32.8 Å². The lowest BCUT2D eigenvalue weighted by Gasteiger charge is -2.32. The zero-order valence-electron chi connectivity index (χ0n) is 14.9. The van der Waals surface area contributed by atoms with E-state index in [0.717, 1.165) is 29.7 Å². The van der Waals surface area contributed by atoms with Gasteiger partial charge in [0.1, 0.15) is 19.0 Å². The first-order valence-electron chi connectivity index (χ1n) is 9.10. The smallest absolute Gasteiger partial charge is 0.410 e. The molecule has 0 spiro atoms. The fourth-order valence-electron chi connectivity index (χ4n) is 3.74. The summed E-state index contributed by atoms with van der Waals surface area (Å²) in [4.78, 5) is 27.2. The molecule has 0 unspecified atom stereocenters. The third-order valence-corrected chi connectivity index (χ3v) is 5.23. The Morgan fingerprint density at radius 1 is 1.30 bits per heavy atom. The minimum atomic E-state index is -0.421. The number of ether oxygens (including phenoxy) is 1. The Kier molecular flexibility index (Phi) is 4.79. The molecule has 2 fully saturated rings. The van der Waals surface area contributed by atoms with E-state index in [0.29, 0.717) is 26.2 Å². The predicted molar refractivity (Wildman–Crippen MR) is 95.5 cm³/mol. The van der Waals surface area contributed by atoms with Crippen molar-refractivity contribution < 1.29 is 18.7 Å². The van der Waals surface area contributed by atoms with Gasteiger partial charge >= 0.3 is 6.09 Å². The molecule has 1 aromatic carbocycles. The monoisotopic (exact) mass is 372 g/mol. The van der Waals surface area contributed by atoms with E-state index >= 15 is 0 Å². The maximum atomic E-state index is 13.6. The van der Waals surface area contributed by atoms with E-state index in [9.17, 15) is 14.0 Å². The second-order valence-corrected chi connectivity index (χ2v) is 6.90. The van der Waals surface area contributed by atoms with Crippen molar-refractivity contribution in [1.82, 2.24) is 20.0 Å². The number of hydrogen-bond donors (Lipinski definition) is 1. The number of rotatable bonds is 4. The van der Waals surface area contributed by atoms with Crippen LogP contribution in [0.1, 0.15) is 24.5 Å². The van der Waals surface area contributed by atoms with Crippen molar-refractivity contribution >= 4 is 12.0 Å². The largest absolute Gasteiger partial charge is 0.448 e. The van der Waals surface area contributed by atoms with Crippen molar-refractivity contribution in [3.05, 3.63) is 42.0 Å². The summed E-state index contributed by atoms with van der Waals surface area (Å²) in [5.41, 5.74) is 2.68. The van der Waals surface area contributed by atoms with Crippen LogP contribution >= 0.6 is 0 Å². The Labute approximate surface area is 156 Å². The van der Waals surface area contributed by atoms with Crippen molar-refractivity contribution in [3.8, 4) is 11.1 Å². The maximum Gasteiger partial charge on any atom is 0.410 e. The van der Waals surface area contributed by atoms with Gasteiger partial charge in [-0.15, -0.1) is 0 Å². The van der Waals surface area contributed by atoms with E-state index in [4.69, 9.17) is 4.74 Å². The lowest BCUT2D eigenvalue weighted by molar-refractivity contribution is -0.132. The topological polar surface area (TPSA) is 78.5 Å². The number of likely N-dealkylation sites (tertiary alicyclic amines) is 1. The molecule has 0 atom stereocenters. The summed E-state index contributed by atoms with van der Waals surface area (Å²) in [6.45, 7) is 2.12. The number of benzene rings is 1. The van der Waals surface area contributed by atoms with E-state index in [1.807, 2.05) is 6.07 Å². The van der Waals surface area contributed by atoms with Gasteiger partial charge in [0.15, 0.2) is 0 Å². The third kappa shape index (κ3) is 3.65. The zero-order valence-corrected chi connectivity index (χ0v) is 14.9. The van der Waals surface area contributed by atoms with Gasteiger partial charge in [-0.25, -0.2) is 9.18 Å². The Morgan fingerprint density at radius 3 is 2.81 bits per heavy atom. The normalized spacial score (nSPS) is 18.0. The number of piperidine rings is 1. The molecule has 0 radical (unpaired) electrons. The van der Waals surface area contributed by atoms with Gasteiger partial charge in [-0.05, 0) is 30.5 Å². The first kappa shape index (κ1) is 17.5. The molecule has 4 rings (SSSR count). The Hall–Kier alpha value is -2.90. The van der Waals surface area contributed by atoms with E-state index in [2.05, 4.69) is 10.2 Å². The molecular weight excluding hydrogens is 351 g/mol. The van der Waals surface area contributed by atoms with Crippen LogP contribution in [0.4, 0.5) is 9.18 Å². The fourth-order valence-corrected chi connectivity index (χ4v) is 3.74. The van der Waals surface area contributed by atoms with Crippen LogP contribution in [0.25, 0.3) is 11.1 Å². The number of carbonyl (C=O) groups excluding carboxylic acids is 2. The minimum Gasteiger partial charge on any atom is -0.448 e. The SMILES string of the molecule is O=C(CN1CCOC1=O)N1CCC(c2[nH]ncc2-c2cccc(F)c2)CC1. The van der Waals surface area contributed by atoms with Crippen LogP contribution in [0.15, 0.2) is 30.5 Å². The van der Waals surface area contributed by atoms with Gasteiger partial charge in [0, 0.05) is 30.3 Å². The molecule has 0 saturated carbocycles. The number of cyclic esters (lactones) is 1. The highest BCUT2D eigenvalue weighted by atomic mass is 19.1. The number of H-pyrrole nitrogens is 1. The molecule has 2 amide bonds. The van der Waals surface area contributed by atoms with Crippen LogP contribution in [-0.2, 0) is 9.53 Å². The van der Waals surface area contributed by atoms with Gasteiger partial charge in [0.25, 0.3) is 0 Å². The van der Waals surface area contributed by atoms with Crippen LogP contribution in [0.2, 0.25) is 0 Å². The highest BCUT2D eigenvalue weighted by Crippen LogP contribution is 2.34. The number of aromatic amines is 1. The van der Waals surface area contributed by atoms with Crippen molar-refractivity contribution in [3.63, 3.8) is 0 Å². The molecule has 27 heavy (non-hydrogen) atoms. The van der Waals surface area contributed by atoms with Gasteiger partial charge in [0.05, 0.1) is 12.7 Å². The number of amides is 2. The lowest BCUT2D eigenvalue weighted by atomic mass is 9.89. The summed E-state index contributed by atoms with van der Waals surface area (Å²) in [5.74, 6) is -0.102. The molecule has 7 nitrogen and oxygen atoms in total. The van der Waals surface area contributed by atoms with Gasteiger partial charge in [-0.2, -0.15) is 5.10 Å². The van der Waals surface area contributed by atoms with E-state index in [1.165, 1.54) is 17.0 Å². The van der Waals surface area contributed by atoms with Crippen molar-refractivity contribution in [2.24, 2.45) is 0 Å². The van der Waals surface area contributed by atoms with E-state index in [1.54, 1.807) is 17.2 Å². The van der Waals surface area contributed by atoms with Gasteiger partial charge in [-0.1, -0.05) is 12.1 Å². The lowest BCUT2D eigenvalue weighted by Crippen LogP contribution is -2.44. The summed E-state index contributed by atoms with van der Waals surface area (Å²) in [6, 6.07) is 6.48. The predicted octanol–water partition coefficient (Wildman–Crippen LogP) is 2.37. The first-order valence-corrected chi connectivity index (χ1v) is 9.10. The molecule has 0 bridgehead atoms. The molecule has 2 aliphatic heterocycles. The number of halogens is 1. The molecular formula is C19H21FN4O3. The summed E-state index contributed by atoms with van der Waals surface area (Å²) in [6.07, 6.45) is 2.89. The van der Waals surface area contributed by atoms with Gasteiger partial charge in [-0.3, -0.25) is 14.8 Å². The van der Waals surface area contributed by atoms with Crippen molar-refractivity contribution in [1.29, 1.82) is 0 Å². The van der Waals surface area contributed by atoms with Crippen LogP contribution in [0.5, 0.6) is 0 Å². The Balaban J connectivity index is 1.39. The molecule has 0 aliphatic carbocycles. The number of nitrogens with one attached hydrogen (secondary N) is 1. The second-order valence-electron chi connectivity index (χ2n) is 6.90. The molecule has 142 valence electrons. The second kappa shape index (κ2) is 7.38. The Morgan fingerprint density at radius 2 is 2.11 bits per heavy atom. The van der Waals surface area contributed by atoms with Gasteiger partial charge in [0.2, 0.25) is 5.91 Å². The molecule has 3 heterocycles. The highest BCUT2D eigenvalue weighted by molar-refractivity contribution is 5.83. The third-order valence-electron chi connectivity index (χ3n) is 5.23. The Bertz CT molecular complexity index is 845. The highest BCUT2D eigenvalue weighted by Gasteiger charge is 2.30. The van der Waals surface area contributed by atoms with Crippen LogP contribution in [0, 0.1) is 5.82 Å². The summed E-state index contributed by atoms with van der Waals surface area (Å²) < 4.78 is 18.4. The summed E-state index contributed by atoms with van der Waals surface area (Å²) in [5, 5.41) is 7.20. The fraction of sp³-hybridized carbons (Fsp3) is 0.421. The van der Waals surface area contributed by atoms with Crippen molar-refractivity contribution in [2.45, 2.75) is 18.8 Å². The average Bonchev–Trinajstić information content (AvgIpc) is 3.31. The summed E-state index contributed by atoms with van der Waals surface area (Å²) >= 11 is 0. The number of carbonyl (C=O) groups is 2. The van der Waals surface area contributed by atoms with Crippen LogP contribution in [-0.4, -0.2) is 64.8 Å².